The van der Waals surface area contributed by atoms with Crippen LogP contribution >= 0.6 is 39.7 Å². The van der Waals surface area contributed by atoms with E-state index in [0.29, 0.717) is 35.5 Å². The van der Waals surface area contributed by atoms with Crippen LogP contribution in [0.4, 0.5) is 11.4 Å². The molecule has 0 saturated heterocycles. The van der Waals surface area contributed by atoms with Gasteiger partial charge < -0.3 is 26.5 Å². The Kier molecular flexibility index (Phi) is 7.80. The maximum Gasteiger partial charge on any atom is 0.372 e. The predicted octanol–water partition coefficient (Wildman–Crippen LogP) is 2.06. The number of aromatic carboxylic acids is 1. The van der Waals surface area contributed by atoms with Crippen LogP contribution < -0.4 is 32.8 Å². The molecule has 1 aliphatic heterocycles. The first-order valence-corrected chi connectivity index (χ1v) is 11.8. The fourth-order valence-electron chi connectivity index (χ4n) is 3.86. The number of carboxylic acids is 1. The van der Waals surface area contributed by atoms with E-state index >= 15 is 0 Å². The van der Waals surface area contributed by atoms with Crippen molar-refractivity contribution in [3.05, 3.63) is 80.9 Å². The Labute approximate surface area is 216 Å². The fraction of sp³-hybridized carbons (Fsp3) is 0.227. The number of carbonyl (C=O) groups is 1. The minimum Gasteiger partial charge on any atom is -0.475 e. The van der Waals surface area contributed by atoms with E-state index < -0.39 is 22.4 Å². The number of rotatable bonds is 3. The third kappa shape index (κ3) is 4.87. The molecule has 2 aromatic carbocycles. The Hall–Kier alpha value is -3.06. The average Bonchev–Trinajstić information content (AvgIpc) is 3.12. The Balaban J connectivity index is 0.000000195. The summed E-state index contributed by atoms with van der Waals surface area (Å²) in [6.07, 6.45) is 0.846. The summed E-state index contributed by atoms with van der Waals surface area (Å²) in [6.45, 7) is 3.60. The lowest BCUT2D eigenvalue weighted by atomic mass is 9.96. The summed E-state index contributed by atoms with van der Waals surface area (Å²) in [6, 6.07) is 6.17. The first-order valence-electron chi connectivity index (χ1n) is 10.2. The molecule has 10 nitrogen and oxygen atoms in total. The van der Waals surface area contributed by atoms with E-state index in [1.54, 1.807) is 6.92 Å². The molecule has 0 bridgehead atoms. The molecule has 1 aliphatic rings. The number of H-pyrrole nitrogens is 1. The van der Waals surface area contributed by atoms with E-state index in [1.807, 2.05) is 11.0 Å². The summed E-state index contributed by atoms with van der Waals surface area (Å²) in [7, 11) is 0. The monoisotopic (exact) mass is 581 g/mol. The number of aromatic amines is 1. The van der Waals surface area contributed by atoms with Crippen molar-refractivity contribution in [2.45, 2.75) is 26.4 Å². The molecule has 184 valence electrons. The van der Waals surface area contributed by atoms with Gasteiger partial charge in [-0.05, 0) is 51.5 Å². The highest BCUT2D eigenvalue weighted by Crippen LogP contribution is 2.31. The number of thiophene rings is 1. The van der Waals surface area contributed by atoms with Crippen molar-refractivity contribution >= 4 is 67.2 Å². The van der Waals surface area contributed by atoms with Gasteiger partial charge in [0.15, 0.2) is 0 Å². The summed E-state index contributed by atoms with van der Waals surface area (Å²) in [5, 5.41) is 9.15. The van der Waals surface area contributed by atoms with E-state index in [0.717, 1.165) is 26.9 Å². The van der Waals surface area contributed by atoms with Crippen molar-refractivity contribution in [3.8, 4) is 0 Å². The molecule has 5 rings (SSSR count). The Morgan fingerprint density at radius 1 is 1.26 bits per heavy atom. The van der Waals surface area contributed by atoms with Crippen LogP contribution in [-0.2, 0) is 19.5 Å². The molecule has 0 aliphatic carbocycles. The van der Waals surface area contributed by atoms with Gasteiger partial charge in [0.25, 0.3) is 16.4 Å². The second-order valence-corrected chi connectivity index (χ2v) is 10.1. The van der Waals surface area contributed by atoms with Gasteiger partial charge in [-0.1, -0.05) is 18.2 Å². The van der Waals surface area contributed by atoms with Gasteiger partial charge in [-0.25, -0.2) is 9.78 Å². The molecule has 6 N–H and O–H groups in total. The summed E-state index contributed by atoms with van der Waals surface area (Å²) in [4.78, 5) is 53.4. The minimum absolute atomic E-state index is 0. The molecule has 0 fully saturated rings. The summed E-state index contributed by atoms with van der Waals surface area (Å²) < 4.78 is 0.790. The molecule has 35 heavy (non-hydrogen) atoms. The van der Waals surface area contributed by atoms with Crippen LogP contribution in [0.15, 0.2) is 36.4 Å². The number of nitrogens with two attached hydrogens (primary N) is 2. The molecule has 0 unspecified atom stereocenters. The molecular formula is C22H21BrClN5O5S. The first kappa shape index (κ1) is 26.5. The minimum atomic E-state index is -1.24. The number of anilines is 2. The van der Waals surface area contributed by atoms with Crippen LogP contribution in [-0.4, -0.2) is 27.6 Å². The van der Waals surface area contributed by atoms with Crippen LogP contribution in [0, 0.1) is 6.92 Å². The van der Waals surface area contributed by atoms with Gasteiger partial charge in [-0.15, -0.1) is 23.7 Å². The fourth-order valence-corrected chi connectivity index (χ4v) is 5.43. The molecule has 4 aromatic rings. The van der Waals surface area contributed by atoms with Crippen LogP contribution in [0.2, 0.25) is 0 Å². The number of nitrogen functional groups attached to an aromatic ring is 1. The highest BCUT2D eigenvalue weighted by molar-refractivity contribution is 9.11. The second-order valence-electron chi connectivity index (χ2n) is 7.80. The second kappa shape index (κ2) is 10.3. The first-order chi connectivity index (χ1) is 16.1. The molecule has 0 spiro atoms. The van der Waals surface area contributed by atoms with Gasteiger partial charge in [0, 0.05) is 19.6 Å². The molecule has 0 amide bonds. The summed E-state index contributed by atoms with van der Waals surface area (Å²) in [5.41, 5.74) is 14.6. The van der Waals surface area contributed by atoms with Gasteiger partial charge >= 0.3 is 5.97 Å². The van der Waals surface area contributed by atoms with E-state index in [9.17, 15) is 19.2 Å². The maximum absolute atomic E-state index is 11.6. The van der Waals surface area contributed by atoms with E-state index in [4.69, 9.17) is 16.6 Å². The number of carboxylic acid groups (broad SMARTS) is 1. The molecular weight excluding hydrogens is 562 g/mol. The van der Waals surface area contributed by atoms with E-state index in [2.05, 4.69) is 38.0 Å². The summed E-state index contributed by atoms with van der Waals surface area (Å²) in [5.74, 6) is -1.57. The largest absolute Gasteiger partial charge is 0.475 e. The third-order valence-corrected chi connectivity index (χ3v) is 7.76. The van der Waals surface area contributed by atoms with Crippen molar-refractivity contribution in [1.82, 2.24) is 9.97 Å². The highest BCUT2D eigenvalue weighted by Gasteiger charge is 2.26. The Bertz CT molecular complexity index is 1570. The summed E-state index contributed by atoms with van der Waals surface area (Å²) >= 11 is 4.53. The Morgan fingerprint density at radius 3 is 2.60 bits per heavy atom. The van der Waals surface area contributed by atoms with Crippen LogP contribution in [0.3, 0.4) is 0 Å². The average molecular weight is 583 g/mol. The molecule has 0 saturated carbocycles. The predicted molar refractivity (Wildman–Crippen MR) is 142 cm³/mol. The standard InChI is InChI=1S/C14H15N3O2.C8H5BrN2O3S.ClH/c15-6-8-1-2-9-3-4-17(7-10(9)5-8)12-11(16)13(18)14(12)19;1-2-3-6(12)10-5(8(13)14)11-7(3)15-4(2)9;/h1-2,5H,3-4,6-7,15-16H2;1H3,(H,13,14)(H,10,11,12);1H. The van der Waals surface area contributed by atoms with Crippen molar-refractivity contribution in [2.24, 2.45) is 5.73 Å². The number of nitrogens with zero attached hydrogens (tertiary/aromatic N) is 2. The molecule has 3 heterocycles. The van der Waals surface area contributed by atoms with E-state index in [-0.39, 0.29) is 23.9 Å². The smallest absolute Gasteiger partial charge is 0.372 e. The van der Waals surface area contributed by atoms with Crippen LogP contribution in [0.25, 0.3) is 10.2 Å². The lowest BCUT2D eigenvalue weighted by molar-refractivity contribution is 0.0683. The molecule has 13 heteroatoms. The molecule has 2 aromatic heterocycles. The number of halogens is 2. The highest BCUT2D eigenvalue weighted by atomic mass is 79.9. The number of nitrogens with one attached hydrogen (secondary N) is 1. The number of aryl methyl sites for hydroxylation is 1. The third-order valence-electron chi connectivity index (χ3n) is 5.70. The van der Waals surface area contributed by atoms with Crippen LogP contribution in [0.1, 0.15) is 32.9 Å². The number of benzene rings is 1. The van der Waals surface area contributed by atoms with Crippen molar-refractivity contribution in [2.75, 3.05) is 17.2 Å². The van der Waals surface area contributed by atoms with Gasteiger partial charge in [-0.2, -0.15) is 0 Å². The Morgan fingerprint density at radius 2 is 1.97 bits per heavy atom. The van der Waals surface area contributed by atoms with Gasteiger partial charge in [0.2, 0.25) is 5.82 Å². The SMILES string of the molecule is Cc1c(Br)sc2nc(C(=O)O)[nH]c(=O)c12.Cl.NCc1ccc2c(c1)CN(c1c(N)c(=O)c1=O)CC2. The zero-order valence-corrected chi connectivity index (χ0v) is 21.6. The zero-order chi connectivity index (χ0) is 24.7. The number of hydrogen-bond acceptors (Lipinski definition) is 9. The van der Waals surface area contributed by atoms with Crippen molar-refractivity contribution in [3.63, 3.8) is 0 Å². The number of aromatic nitrogens is 2. The topological polar surface area (TPSA) is 172 Å². The van der Waals surface area contributed by atoms with Crippen molar-refractivity contribution < 1.29 is 9.90 Å². The zero-order valence-electron chi connectivity index (χ0n) is 18.4. The van der Waals surface area contributed by atoms with Gasteiger partial charge in [-0.3, -0.25) is 14.4 Å². The lowest BCUT2D eigenvalue weighted by Crippen LogP contribution is -2.44. The lowest BCUT2D eigenvalue weighted by Gasteiger charge is -2.31. The molecule has 0 radical (unpaired) electrons. The number of fused-ring (bicyclic) bond motifs is 2. The number of hydrogen-bond donors (Lipinski definition) is 4. The van der Waals surface area contributed by atoms with Gasteiger partial charge in [0.05, 0.1) is 9.17 Å². The maximum atomic E-state index is 11.6. The van der Waals surface area contributed by atoms with E-state index in [1.165, 1.54) is 16.9 Å². The van der Waals surface area contributed by atoms with Crippen LogP contribution in [0.5, 0.6) is 0 Å². The van der Waals surface area contributed by atoms with Crippen molar-refractivity contribution in [1.29, 1.82) is 0 Å². The van der Waals surface area contributed by atoms with Gasteiger partial charge in [0.1, 0.15) is 16.2 Å². The molecule has 0 atom stereocenters. The normalized spacial score (nSPS) is 12.6. The quantitative estimate of drug-likeness (QED) is 0.264.